The molecule has 1 aliphatic rings. The third-order valence-corrected chi connectivity index (χ3v) is 5.22. The minimum atomic E-state index is -3.46. The molecule has 23 heavy (non-hydrogen) atoms. The van der Waals surface area contributed by atoms with Crippen LogP contribution in [0.1, 0.15) is 23.7 Å². The predicted molar refractivity (Wildman–Crippen MR) is 82.4 cm³/mol. The molecule has 0 aromatic heterocycles. The molecule has 2 rings (SSSR count). The first-order valence-electron chi connectivity index (χ1n) is 6.99. The minimum absolute atomic E-state index is 0.0156. The summed E-state index contributed by atoms with van der Waals surface area (Å²) < 4.78 is 28.5. The van der Waals surface area contributed by atoms with Gasteiger partial charge in [0.2, 0.25) is 0 Å². The molecule has 1 heterocycles. The molecule has 1 N–H and O–H groups in total. The van der Waals surface area contributed by atoms with Gasteiger partial charge in [-0.15, -0.1) is 0 Å². The van der Waals surface area contributed by atoms with E-state index >= 15 is 0 Å². The van der Waals surface area contributed by atoms with Crippen LogP contribution >= 0.6 is 0 Å². The quantitative estimate of drug-likeness (QED) is 0.878. The van der Waals surface area contributed by atoms with Crippen LogP contribution in [0.3, 0.4) is 0 Å². The number of benzene rings is 1. The second-order valence-electron chi connectivity index (χ2n) is 5.98. The number of hydrogen-bond acceptors (Lipinski definition) is 5. The average Bonchev–Trinajstić information content (AvgIpc) is 2.89. The maximum atomic E-state index is 12.7. The van der Waals surface area contributed by atoms with Crippen molar-refractivity contribution in [2.45, 2.75) is 18.2 Å². The van der Waals surface area contributed by atoms with E-state index < -0.39 is 27.1 Å². The number of methoxy groups -OCH3 is 1. The van der Waals surface area contributed by atoms with E-state index in [9.17, 15) is 23.1 Å². The molecule has 1 atom stereocenters. The Kier molecular flexibility index (Phi) is 4.39. The lowest BCUT2D eigenvalue weighted by molar-refractivity contribution is -0.147. The fourth-order valence-electron chi connectivity index (χ4n) is 2.56. The van der Waals surface area contributed by atoms with Crippen LogP contribution in [0.25, 0.3) is 0 Å². The Labute approximate surface area is 134 Å². The Morgan fingerprint density at radius 1 is 1.35 bits per heavy atom. The van der Waals surface area contributed by atoms with Crippen molar-refractivity contribution >= 4 is 21.7 Å². The number of rotatable bonds is 4. The highest BCUT2D eigenvalue weighted by atomic mass is 32.2. The summed E-state index contributed by atoms with van der Waals surface area (Å²) in [7, 11) is -2.08. The smallest absolute Gasteiger partial charge is 0.311 e. The first-order valence-corrected chi connectivity index (χ1v) is 8.88. The Morgan fingerprint density at radius 3 is 2.48 bits per heavy atom. The lowest BCUT2D eigenvalue weighted by Gasteiger charge is -2.21. The summed E-state index contributed by atoms with van der Waals surface area (Å²) in [5.74, 6) is -1.13. The summed E-state index contributed by atoms with van der Waals surface area (Å²) in [6, 6.07) is 4.07. The number of ether oxygens (including phenoxy) is 1. The number of carboxylic acid groups (broad SMARTS) is 1. The Hall–Kier alpha value is -2.09. The van der Waals surface area contributed by atoms with E-state index in [0.717, 1.165) is 6.26 Å². The van der Waals surface area contributed by atoms with Gasteiger partial charge in [0.15, 0.2) is 9.84 Å². The van der Waals surface area contributed by atoms with Gasteiger partial charge in [-0.05, 0) is 31.5 Å². The third kappa shape index (κ3) is 3.31. The van der Waals surface area contributed by atoms with Crippen molar-refractivity contribution in [3.8, 4) is 5.75 Å². The van der Waals surface area contributed by atoms with Gasteiger partial charge in [0.05, 0.1) is 23.0 Å². The Bertz CT molecular complexity index is 757. The number of carbonyl (C=O) groups excluding carboxylic acids is 1. The van der Waals surface area contributed by atoms with Crippen molar-refractivity contribution in [2.24, 2.45) is 5.41 Å². The van der Waals surface area contributed by atoms with Crippen molar-refractivity contribution < 1.29 is 27.9 Å². The van der Waals surface area contributed by atoms with Gasteiger partial charge in [-0.2, -0.15) is 0 Å². The van der Waals surface area contributed by atoms with Gasteiger partial charge in [-0.1, -0.05) is 0 Å². The number of carbonyl (C=O) groups is 2. The highest BCUT2D eigenvalue weighted by molar-refractivity contribution is 7.90. The van der Waals surface area contributed by atoms with Crippen LogP contribution in [0, 0.1) is 5.41 Å². The average molecular weight is 341 g/mol. The van der Waals surface area contributed by atoms with Gasteiger partial charge >= 0.3 is 5.97 Å². The van der Waals surface area contributed by atoms with Crippen LogP contribution in [0.15, 0.2) is 23.1 Å². The first-order chi connectivity index (χ1) is 10.6. The molecule has 8 heteroatoms. The molecule has 1 aromatic rings. The summed E-state index contributed by atoms with van der Waals surface area (Å²) in [4.78, 5) is 25.4. The van der Waals surface area contributed by atoms with E-state index in [1.807, 2.05) is 0 Å². The molecule has 0 aliphatic carbocycles. The Balaban J connectivity index is 2.38. The second-order valence-corrected chi connectivity index (χ2v) is 7.99. The van der Waals surface area contributed by atoms with E-state index in [1.165, 1.54) is 30.2 Å². The van der Waals surface area contributed by atoms with Crippen molar-refractivity contribution in [1.82, 2.24) is 4.90 Å². The van der Waals surface area contributed by atoms with E-state index in [4.69, 9.17) is 4.74 Å². The van der Waals surface area contributed by atoms with Crippen LogP contribution in [0.2, 0.25) is 0 Å². The predicted octanol–water partition coefficient (Wildman–Crippen LogP) is 1.04. The van der Waals surface area contributed by atoms with E-state index in [2.05, 4.69) is 0 Å². The fourth-order valence-corrected chi connectivity index (χ4v) is 3.21. The summed E-state index contributed by atoms with van der Waals surface area (Å²) in [5, 5.41) is 9.25. The molecule has 7 nitrogen and oxygen atoms in total. The molecule has 0 radical (unpaired) electrons. The first kappa shape index (κ1) is 17.3. The zero-order valence-electron chi connectivity index (χ0n) is 13.2. The molecular formula is C15H19NO6S. The van der Waals surface area contributed by atoms with Gasteiger partial charge in [-0.25, -0.2) is 8.42 Å². The monoisotopic (exact) mass is 341 g/mol. The van der Waals surface area contributed by atoms with Crippen LogP contribution in [-0.2, 0) is 14.6 Å². The molecule has 126 valence electrons. The summed E-state index contributed by atoms with van der Waals surface area (Å²) in [5.41, 5.74) is -0.873. The van der Waals surface area contributed by atoms with Gasteiger partial charge < -0.3 is 14.7 Å². The van der Waals surface area contributed by atoms with Crippen LogP contribution in [-0.4, -0.2) is 56.8 Å². The lowest BCUT2D eigenvalue weighted by Crippen LogP contribution is -2.35. The standard InChI is InChI=1S/C15H19NO6S/c1-15(14(18)19)6-7-16(9-15)13(17)11-8-10(23(3,20)21)4-5-12(11)22-2/h4-5,8H,6-7,9H2,1-3H3,(H,18,19). The maximum absolute atomic E-state index is 12.7. The number of sulfone groups is 1. The van der Waals surface area contributed by atoms with Gasteiger partial charge in [0, 0.05) is 19.3 Å². The Morgan fingerprint density at radius 2 is 2.00 bits per heavy atom. The molecule has 1 aliphatic heterocycles. The van der Waals surface area contributed by atoms with E-state index in [0.29, 0.717) is 13.0 Å². The zero-order chi connectivity index (χ0) is 17.4. The van der Waals surface area contributed by atoms with Gasteiger partial charge in [0.25, 0.3) is 5.91 Å². The molecule has 0 spiro atoms. The largest absolute Gasteiger partial charge is 0.496 e. The molecular weight excluding hydrogens is 322 g/mol. The summed E-state index contributed by atoms with van der Waals surface area (Å²) in [6.45, 7) is 1.97. The van der Waals surface area contributed by atoms with Crippen molar-refractivity contribution in [3.63, 3.8) is 0 Å². The van der Waals surface area contributed by atoms with Crippen molar-refractivity contribution in [3.05, 3.63) is 23.8 Å². The van der Waals surface area contributed by atoms with Crippen molar-refractivity contribution in [1.29, 1.82) is 0 Å². The van der Waals surface area contributed by atoms with Gasteiger partial charge in [-0.3, -0.25) is 9.59 Å². The zero-order valence-corrected chi connectivity index (χ0v) is 14.0. The number of aliphatic carboxylic acids is 1. The van der Waals surface area contributed by atoms with Crippen molar-refractivity contribution in [2.75, 3.05) is 26.5 Å². The molecule has 1 fully saturated rings. The number of hydrogen-bond donors (Lipinski definition) is 1. The summed E-state index contributed by atoms with van der Waals surface area (Å²) in [6.07, 6.45) is 1.41. The number of amides is 1. The molecule has 0 bridgehead atoms. The molecule has 0 saturated carbocycles. The topological polar surface area (TPSA) is 101 Å². The van der Waals surface area contributed by atoms with E-state index in [-0.39, 0.29) is 22.8 Å². The number of nitrogens with zero attached hydrogens (tertiary/aromatic N) is 1. The SMILES string of the molecule is COc1ccc(S(C)(=O)=O)cc1C(=O)N1CCC(C)(C(=O)O)C1. The highest BCUT2D eigenvalue weighted by Crippen LogP contribution is 2.33. The maximum Gasteiger partial charge on any atom is 0.311 e. The van der Waals surface area contributed by atoms with E-state index in [1.54, 1.807) is 6.92 Å². The minimum Gasteiger partial charge on any atom is -0.496 e. The van der Waals surface area contributed by atoms with Crippen LogP contribution in [0.5, 0.6) is 5.75 Å². The summed E-state index contributed by atoms with van der Waals surface area (Å²) >= 11 is 0. The van der Waals surface area contributed by atoms with Gasteiger partial charge in [0.1, 0.15) is 5.75 Å². The number of likely N-dealkylation sites (tertiary alicyclic amines) is 1. The highest BCUT2D eigenvalue weighted by Gasteiger charge is 2.42. The number of carboxylic acids is 1. The fraction of sp³-hybridized carbons (Fsp3) is 0.467. The second kappa shape index (κ2) is 5.84. The molecule has 1 saturated heterocycles. The molecule has 1 amide bonds. The van der Waals surface area contributed by atoms with Crippen LogP contribution < -0.4 is 4.74 Å². The lowest BCUT2D eigenvalue weighted by atomic mass is 9.90. The normalized spacial score (nSPS) is 21.3. The van der Waals surface area contributed by atoms with Crippen LogP contribution in [0.4, 0.5) is 0 Å². The third-order valence-electron chi connectivity index (χ3n) is 4.11. The molecule has 1 unspecified atom stereocenters. The molecule has 1 aromatic carbocycles.